The van der Waals surface area contributed by atoms with Gasteiger partial charge in [-0.3, -0.25) is 4.79 Å². The highest BCUT2D eigenvalue weighted by molar-refractivity contribution is 7.14. The topological polar surface area (TPSA) is 35.6 Å². The van der Waals surface area contributed by atoms with Crippen LogP contribution in [0.5, 0.6) is 0 Å². The Labute approximate surface area is 125 Å². The zero-order valence-electron chi connectivity index (χ0n) is 12.5. The second-order valence-electron chi connectivity index (χ2n) is 5.43. The third-order valence-electron chi connectivity index (χ3n) is 3.77. The molecular formula is C15H25N3OS. The summed E-state index contributed by atoms with van der Waals surface area (Å²) in [6, 6.07) is 3.98. The van der Waals surface area contributed by atoms with E-state index in [1.165, 1.54) is 37.2 Å². The Morgan fingerprint density at radius 2 is 2.10 bits per heavy atom. The van der Waals surface area contributed by atoms with Crippen LogP contribution in [0.15, 0.2) is 12.1 Å². The van der Waals surface area contributed by atoms with E-state index in [1.54, 1.807) is 11.3 Å². The van der Waals surface area contributed by atoms with Crippen LogP contribution >= 0.6 is 11.3 Å². The molecule has 5 heteroatoms. The molecule has 0 spiro atoms. The van der Waals surface area contributed by atoms with Crippen molar-refractivity contribution in [3.63, 3.8) is 0 Å². The Balaban J connectivity index is 1.81. The van der Waals surface area contributed by atoms with E-state index in [4.69, 9.17) is 0 Å². The summed E-state index contributed by atoms with van der Waals surface area (Å²) in [5.74, 6) is 0.148. The van der Waals surface area contributed by atoms with Crippen molar-refractivity contribution >= 4 is 17.2 Å². The van der Waals surface area contributed by atoms with Crippen LogP contribution in [0, 0.1) is 0 Å². The van der Waals surface area contributed by atoms with Gasteiger partial charge in [-0.15, -0.1) is 11.3 Å². The standard InChI is InChI=1S/C15H25N3OS/c1-16-12-13-6-7-14(20-13)15(19)17(2)10-11-18-8-4-3-5-9-18/h6-7,16H,3-5,8-12H2,1-2H3. The van der Waals surface area contributed by atoms with Crippen LogP contribution < -0.4 is 5.32 Å². The molecule has 1 aromatic heterocycles. The van der Waals surface area contributed by atoms with Crippen LogP contribution in [-0.4, -0.2) is 56.0 Å². The fraction of sp³-hybridized carbons (Fsp3) is 0.667. The highest BCUT2D eigenvalue weighted by Gasteiger charge is 2.16. The number of carbonyl (C=O) groups is 1. The zero-order valence-corrected chi connectivity index (χ0v) is 13.3. The molecule has 0 unspecified atom stereocenters. The lowest BCUT2D eigenvalue weighted by Crippen LogP contribution is -2.38. The molecule has 1 amide bonds. The number of likely N-dealkylation sites (N-methyl/N-ethyl adjacent to an activating group) is 1. The van der Waals surface area contributed by atoms with Crippen LogP contribution in [-0.2, 0) is 6.54 Å². The van der Waals surface area contributed by atoms with Crippen LogP contribution in [0.25, 0.3) is 0 Å². The molecule has 0 saturated carbocycles. The van der Waals surface area contributed by atoms with Crippen LogP contribution in [0.1, 0.15) is 33.8 Å². The lowest BCUT2D eigenvalue weighted by molar-refractivity contribution is 0.0777. The summed E-state index contributed by atoms with van der Waals surface area (Å²) < 4.78 is 0. The number of likely N-dealkylation sites (tertiary alicyclic amines) is 1. The highest BCUT2D eigenvalue weighted by atomic mass is 32.1. The maximum absolute atomic E-state index is 12.3. The van der Waals surface area contributed by atoms with Gasteiger partial charge in [0.2, 0.25) is 0 Å². The van der Waals surface area contributed by atoms with Gasteiger partial charge in [0.15, 0.2) is 0 Å². The fourth-order valence-electron chi connectivity index (χ4n) is 2.53. The normalized spacial score (nSPS) is 16.3. The van der Waals surface area contributed by atoms with E-state index in [0.29, 0.717) is 0 Å². The molecule has 0 bridgehead atoms. The molecule has 2 rings (SSSR count). The molecule has 1 aliphatic rings. The van der Waals surface area contributed by atoms with Crippen molar-refractivity contribution in [2.75, 3.05) is 40.3 Å². The number of nitrogens with one attached hydrogen (secondary N) is 1. The van der Waals surface area contributed by atoms with Crippen LogP contribution in [0.4, 0.5) is 0 Å². The molecule has 1 saturated heterocycles. The number of hydrogen-bond acceptors (Lipinski definition) is 4. The first-order valence-corrected chi connectivity index (χ1v) is 8.23. The van der Waals surface area contributed by atoms with E-state index in [1.807, 2.05) is 31.1 Å². The molecule has 1 aromatic rings. The Morgan fingerprint density at radius 3 is 2.80 bits per heavy atom. The minimum absolute atomic E-state index is 0.148. The molecule has 112 valence electrons. The molecule has 4 nitrogen and oxygen atoms in total. The third-order valence-corrected chi connectivity index (χ3v) is 4.84. The summed E-state index contributed by atoms with van der Waals surface area (Å²) in [4.78, 5) is 18.7. The molecule has 0 aliphatic carbocycles. The molecule has 0 radical (unpaired) electrons. The van der Waals surface area contributed by atoms with Gasteiger partial charge < -0.3 is 15.1 Å². The van der Waals surface area contributed by atoms with Gasteiger partial charge in [0.05, 0.1) is 4.88 Å². The number of carbonyl (C=O) groups excluding carboxylic acids is 1. The molecule has 0 aromatic carbocycles. The zero-order chi connectivity index (χ0) is 14.4. The molecule has 2 heterocycles. The van der Waals surface area contributed by atoms with E-state index in [0.717, 1.165) is 24.5 Å². The predicted molar refractivity (Wildman–Crippen MR) is 84.3 cm³/mol. The number of rotatable bonds is 6. The first-order valence-electron chi connectivity index (χ1n) is 7.42. The van der Waals surface area contributed by atoms with Gasteiger partial charge in [-0.25, -0.2) is 0 Å². The molecule has 1 aliphatic heterocycles. The monoisotopic (exact) mass is 295 g/mol. The number of hydrogen-bond donors (Lipinski definition) is 1. The quantitative estimate of drug-likeness (QED) is 0.872. The summed E-state index contributed by atoms with van der Waals surface area (Å²) >= 11 is 1.59. The van der Waals surface area contributed by atoms with Crippen molar-refractivity contribution in [3.8, 4) is 0 Å². The maximum atomic E-state index is 12.3. The number of amides is 1. The molecule has 20 heavy (non-hydrogen) atoms. The van der Waals surface area contributed by atoms with Gasteiger partial charge >= 0.3 is 0 Å². The molecular weight excluding hydrogens is 270 g/mol. The summed E-state index contributed by atoms with van der Waals surface area (Å²) in [6.07, 6.45) is 3.96. The first kappa shape index (κ1) is 15.5. The average Bonchev–Trinajstić information content (AvgIpc) is 2.94. The summed E-state index contributed by atoms with van der Waals surface area (Å²) in [5.41, 5.74) is 0. The van der Waals surface area contributed by atoms with Crippen molar-refractivity contribution in [2.45, 2.75) is 25.8 Å². The smallest absolute Gasteiger partial charge is 0.263 e. The first-order chi connectivity index (χ1) is 9.70. The minimum atomic E-state index is 0.148. The van der Waals surface area contributed by atoms with Gasteiger partial charge in [-0.1, -0.05) is 6.42 Å². The Morgan fingerprint density at radius 1 is 1.35 bits per heavy atom. The van der Waals surface area contributed by atoms with Crippen LogP contribution in [0.3, 0.4) is 0 Å². The largest absolute Gasteiger partial charge is 0.340 e. The third kappa shape index (κ3) is 4.30. The Hall–Kier alpha value is -0.910. The summed E-state index contributed by atoms with van der Waals surface area (Å²) in [6.45, 7) is 5.02. The Bertz CT molecular complexity index is 427. The highest BCUT2D eigenvalue weighted by Crippen LogP contribution is 2.18. The number of nitrogens with zero attached hydrogens (tertiary/aromatic N) is 2. The lowest BCUT2D eigenvalue weighted by Gasteiger charge is -2.28. The number of piperidine rings is 1. The van der Waals surface area contributed by atoms with Crippen molar-refractivity contribution in [2.24, 2.45) is 0 Å². The molecule has 1 N–H and O–H groups in total. The second-order valence-corrected chi connectivity index (χ2v) is 6.59. The number of thiophene rings is 1. The van der Waals surface area contributed by atoms with E-state index in [9.17, 15) is 4.79 Å². The SMILES string of the molecule is CNCc1ccc(C(=O)N(C)CCN2CCCCC2)s1. The van der Waals surface area contributed by atoms with E-state index in [-0.39, 0.29) is 5.91 Å². The average molecular weight is 295 g/mol. The van der Waals surface area contributed by atoms with E-state index in [2.05, 4.69) is 10.2 Å². The maximum Gasteiger partial charge on any atom is 0.263 e. The van der Waals surface area contributed by atoms with Gasteiger partial charge in [0, 0.05) is 31.6 Å². The van der Waals surface area contributed by atoms with E-state index >= 15 is 0 Å². The van der Waals surface area contributed by atoms with Crippen molar-refractivity contribution in [1.29, 1.82) is 0 Å². The molecule has 0 atom stereocenters. The van der Waals surface area contributed by atoms with Gasteiger partial charge in [-0.05, 0) is 45.1 Å². The summed E-state index contributed by atoms with van der Waals surface area (Å²) in [5, 5.41) is 3.11. The van der Waals surface area contributed by atoms with Gasteiger partial charge in [-0.2, -0.15) is 0 Å². The van der Waals surface area contributed by atoms with Gasteiger partial charge in [0.1, 0.15) is 0 Å². The van der Waals surface area contributed by atoms with Crippen molar-refractivity contribution < 1.29 is 4.79 Å². The van der Waals surface area contributed by atoms with E-state index < -0.39 is 0 Å². The summed E-state index contributed by atoms with van der Waals surface area (Å²) in [7, 11) is 3.83. The van der Waals surface area contributed by atoms with Gasteiger partial charge in [0.25, 0.3) is 5.91 Å². The minimum Gasteiger partial charge on any atom is -0.340 e. The van der Waals surface area contributed by atoms with Crippen LogP contribution in [0.2, 0.25) is 0 Å². The predicted octanol–water partition coefficient (Wildman–Crippen LogP) is 2.03. The lowest BCUT2D eigenvalue weighted by atomic mass is 10.1. The fourth-order valence-corrected chi connectivity index (χ4v) is 3.54. The van der Waals surface area contributed by atoms with Crippen molar-refractivity contribution in [3.05, 3.63) is 21.9 Å². The molecule has 1 fully saturated rings. The second kappa shape index (κ2) is 7.76. The Kier molecular flexibility index (Phi) is 6.01. The van der Waals surface area contributed by atoms with Crippen molar-refractivity contribution in [1.82, 2.24) is 15.1 Å².